The number of nitrogens with two attached hydrogens (primary N) is 1. The van der Waals surface area contributed by atoms with Gasteiger partial charge in [-0.05, 0) is 49.4 Å². The molecule has 2 nitrogen and oxygen atoms in total. The second-order valence-electron chi connectivity index (χ2n) is 5.32. The normalized spacial score (nSPS) is 12.3. The summed E-state index contributed by atoms with van der Waals surface area (Å²) in [5, 5.41) is 9.98. The highest BCUT2D eigenvalue weighted by Gasteiger charge is 2.06. The van der Waals surface area contributed by atoms with Gasteiger partial charge in [-0.15, -0.1) is 0 Å². The van der Waals surface area contributed by atoms with Crippen LogP contribution < -0.4 is 5.73 Å². The first-order valence-electron chi connectivity index (χ1n) is 7.21. The topological polar surface area (TPSA) is 46.2 Å². The largest absolute Gasteiger partial charge is 0.388 e. The fraction of sp³-hybridized carbons (Fsp3) is 0.333. The average Bonchev–Trinajstić information content (AvgIpc) is 2.47. The summed E-state index contributed by atoms with van der Waals surface area (Å²) < 4.78 is 0. The lowest BCUT2D eigenvalue weighted by atomic mass is 9.99. The summed E-state index contributed by atoms with van der Waals surface area (Å²) in [7, 11) is 0. The number of aryl methyl sites for hydroxylation is 3. The lowest BCUT2D eigenvalue weighted by Crippen LogP contribution is -2.07. The zero-order chi connectivity index (χ0) is 14.4. The third-order valence-corrected chi connectivity index (χ3v) is 3.60. The molecule has 3 N–H and O–H groups in total. The Hall–Kier alpha value is -1.64. The minimum atomic E-state index is -0.445. The zero-order valence-electron chi connectivity index (χ0n) is 12.0. The van der Waals surface area contributed by atoms with Crippen LogP contribution in [0.25, 0.3) is 0 Å². The Bertz CT molecular complexity index is 533. The minimum Gasteiger partial charge on any atom is -0.388 e. The van der Waals surface area contributed by atoms with Gasteiger partial charge in [0.05, 0.1) is 6.10 Å². The first kappa shape index (κ1) is 14.8. The zero-order valence-corrected chi connectivity index (χ0v) is 12.0. The van der Waals surface area contributed by atoms with Crippen molar-refractivity contribution in [2.45, 2.75) is 32.3 Å². The van der Waals surface area contributed by atoms with Crippen LogP contribution in [0, 0.1) is 6.92 Å². The van der Waals surface area contributed by atoms with Crippen LogP contribution in [0.3, 0.4) is 0 Å². The maximum atomic E-state index is 9.98. The highest BCUT2D eigenvalue weighted by Crippen LogP contribution is 2.18. The molecular weight excluding hydrogens is 246 g/mol. The van der Waals surface area contributed by atoms with Crippen LogP contribution in [-0.2, 0) is 12.8 Å². The van der Waals surface area contributed by atoms with E-state index in [1.807, 2.05) is 12.1 Å². The van der Waals surface area contributed by atoms with Gasteiger partial charge in [0.15, 0.2) is 0 Å². The summed E-state index contributed by atoms with van der Waals surface area (Å²) in [4.78, 5) is 0. The predicted octanol–water partition coefficient (Wildman–Crippen LogP) is 3.16. The highest BCUT2D eigenvalue weighted by molar-refractivity contribution is 5.27. The van der Waals surface area contributed by atoms with Crippen molar-refractivity contribution in [3.63, 3.8) is 0 Å². The number of aliphatic hydroxyl groups excluding tert-OH is 1. The Balaban J connectivity index is 1.99. The third kappa shape index (κ3) is 4.19. The van der Waals surface area contributed by atoms with Crippen molar-refractivity contribution in [3.05, 3.63) is 70.8 Å². The molecule has 0 bridgehead atoms. The lowest BCUT2D eigenvalue weighted by Gasteiger charge is -2.11. The average molecular weight is 269 g/mol. The summed E-state index contributed by atoms with van der Waals surface area (Å²) in [6, 6.07) is 16.9. The van der Waals surface area contributed by atoms with Gasteiger partial charge in [-0.2, -0.15) is 0 Å². The second-order valence-corrected chi connectivity index (χ2v) is 5.32. The van der Waals surface area contributed by atoms with Gasteiger partial charge in [0, 0.05) is 0 Å². The van der Waals surface area contributed by atoms with E-state index in [2.05, 4.69) is 43.3 Å². The monoisotopic (exact) mass is 269 g/mol. The smallest absolute Gasteiger partial charge is 0.0802 e. The number of benzene rings is 2. The molecule has 0 aliphatic heterocycles. The van der Waals surface area contributed by atoms with E-state index in [0.29, 0.717) is 13.0 Å². The van der Waals surface area contributed by atoms with Crippen LogP contribution in [0.2, 0.25) is 0 Å². The Morgan fingerprint density at radius 1 is 1.00 bits per heavy atom. The molecule has 2 aromatic carbocycles. The number of hydrogen-bond donors (Lipinski definition) is 2. The maximum absolute atomic E-state index is 9.98. The summed E-state index contributed by atoms with van der Waals surface area (Å²) in [6.45, 7) is 2.61. The van der Waals surface area contributed by atoms with Gasteiger partial charge in [-0.25, -0.2) is 0 Å². The molecule has 0 amide bonds. The van der Waals surface area contributed by atoms with E-state index in [4.69, 9.17) is 5.73 Å². The second kappa shape index (κ2) is 7.22. The molecule has 1 atom stereocenters. The number of aliphatic hydroxyl groups is 1. The summed E-state index contributed by atoms with van der Waals surface area (Å²) in [5.41, 5.74) is 10.4. The van der Waals surface area contributed by atoms with Gasteiger partial charge < -0.3 is 10.8 Å². The van der Waals surface area contributed by atoms with Gasteiger partial charge in [-0.3, -0.25) is 0 Å². The van der Waals surface area contributed by atoms with E-state index >= 15 is 0 Å². The van der Waals surface area contributed by atoms with Crippen molar-refractivity contribution >= 4 is 0 Å². The highest BCUT2D eigenvalue weighted by atomic mass is 16.3. The lowest BCUT2D eigenvalue weighted by molar-refractivity contribution is 0.170. The molecule has 0 aliphatic carbocycles. The maximum Gasteiger partial charge on any atom is 0.0802 e. The predicted molar refractivity (Wildman–Crippen MR) is 83.7 cm³/mol. The molecule has 0 saturated heterocycles. The van der Waals surface area contributed by atoms with Crippen molar-refractivity contribution in [2.75, 3.05) is 6.54 Å². The van der Waals surface area contributed by atoms with Gasteiger partial charge in [-0.1, -0.05) is 54.1 Å². The molecule has 0 spiro atoms. The number of hydrogen-bond acceptors (Lipinski definition) is 2. The molecule has 2 heteroatoms. The SMILES string of the molecule is Cc1ccc(CCc2cccc(C(O)CCN)c2)cc1. The van der Waals surface area contributed by atoms with Gasteiger partial charge in [0.2, 0.25) is 0 Å². The Morgan fingerprint density at radius 3 is 2.40 bits per heavy atom. The molecule has 1 unspecified atom stereocenters. The standard InChI is InChI=1S/C18H23NO/c1-14-5-7-15(8-6-14)9-10-16-3-2-4-17(13-16)18(20)11-12-19/h2-8,13,18,20H,9-12,19H2,1H3. The summed E-state index contributed by atoms with van der Waals surface area (Å²) >= 11 is 0. The molecule has 2 aromatic rings. The first-order valence-corrected chi connectivity index (χ1v) is 7.21. The van der Waals surface area contributed by atoms with Gasteiger partial charge in [0.1, 0.15) is 0 Å². The molecular formula is C18H23NO. The van der Waals surface area contributed by atoms with Crippen LogP contribution in [0.15, 0.2) is 48.5 Å². The molecule has 2 rings (SSSR count). The van der Waals surface area contributed by atoms with Crippen LogP contribution in [-0.4, -0.2) is 11.7 Å². The molecule has 0 saturated carbocycles. The van der Waals surface area contributed by atoms with E-state index in [1.54, 1.807) is 0 Å². The van der Waals surface area contributed by atoms with Crippen LogP contribution in [0.1, 0.15) is 34.8 Å². The van der Waals surface area contributed by atoms with E-state index < -0.39 is 6.10 Å². The van der Waals surface area contributed by atoms with Gasteiger partial charge >= 0.3 is 0 Å². The molecule has 106 valence electrons. The fourth-order valence-corrected chi connectivity index (χ4v) is 2.32. The van der Waals surface area contributed by atoms with Crippen molar-refractivity contribution in [3.8, 4) is 0 Å². The van der Waals surface area contributed by atoms with Gasteiger partial charge in [0.25, 0.3) is 0 Å². The Kier molecular flexibility index (Phi) is 5.33. The van der Waals surface area contributed by atoms with Crippen LogP contribution in [0.4, 0.5) is 0 Å². The quantitative estimate of drug-likeness (QED) is 0.846. The molecule has 20 heavy (non-hydrogen) atoms. The Morgan fingerprint density at radius 2 is 1.70 bits per heavy atom. The molecule has 0 aromatic heterocycles. The van der Waals surface area contributed by atoms with Crippen LogP contribution >= 0.6 is 0 Å². The van der Waals surface area contributed by atoms with E-state index in [0.717, 1.165) is 18.4 Å². The van der Waals surface area contributed by atoms with E-state index in [1.165, 1.54) is 16.7 Å². The van der Waals surface area contributed by atoms with E-state index in [9.17, 15) is 5.11 Å². The van der Waals surface area contributed by atoms with Crippen molar-refractivity contribution < 1.29 is 5.11 Å². The van der Waals surface area contributed by atoms with Crippen molar-refractivity contribution in [2.24, 2.45) is 5.73 Å². The molecule has 0 aliphatic rings. The van der Waals surface area contributed by atoms with E-state index in [-0.39, 0.29) is 0 Å². The molecule has 0 fully saturated rings. The minimum absolute atomic E-state index is 0.445. The number of rotatable bonds is 6. The van der Waals surface area contributed by atoms with Crippen molar-refractivity contribution in [1.29, 1.82) is 0 Å². The third-order valence-electron chi connectivity index (χ3n) is 3.60. The first-order chi connectivity index (χ1) is 9.69. The Labute approximate surface area is 121 Å². The fourth-order valence-electron chi connectivity index (χ4n) is 2.32. The van der Waals surface area contributed by atoms with Crippen molar-refractivity contribution in [1.82, 2.24) is 0 Å². The van der Waals surface area contributed by atoms with Crippen LogP contribution in [0.5, 0.6) is 0 Å². The summed E-state index contributed by atoms with van der Waals surface area (Å²) in [5.74, 6) is 0. The molecule has 0 heterocycles. The molecule has 0 radical (unpaired) electrons. The summed E-state index contributed by atoms with van der Waals surface area (Å²) in [6.07, 6.45) is 2.18.